The zero-order valence-corrected chi connectivity index (χ0v) is 5.89. The molecule has 0 amide bonds. The fourth-order valence-corrected chi connectivity index (χ4v) is 0. The molecule has 0 heterocycles. The first-order valence-corrected chi connectivity index (χ1v) is 1.04. The van der Waals surface area contributed by atoms with Crippen molar-refractivity contribution < 1.29 is 37.9 Å². The third-order valence-electron chi connectivity index (χ3n) is 0.115. The normalized spacial score (nSPS) is 7.40. The first kappa shape index (κ1) is 9.13. The second-order valence-corrected chi connectivity index (χ2v) is 0.374. The van der Waals surface area contributed by atoms with Gasteiger partial charge in [-0.1, -0.05) is 0 Å². The van der Waals surface area contributed by atoms with Crippen LogP contribution in [0.5, 0.6) is 0 Å². The molecule has 1 N–H and O–H groups in total. The molecule has 0 fully saturated rings. The molecule has 5 heavy (non-hydrogen) atoms. The van der Waals surface area contributed by atoms with E-state index in [1.54, 1.807) is 6.92 Å². The summed E-state index contributed by atoms with van der Waals surface area (Å²) in [5.74, 6) is 0. The molecule has 0 aliphatic heterocycles. The summed E-state index contributed by atoms with van der Waals surface area (Å²) in [6.45, 7) is 1.64. The SMILES string of the molecule is CC=NO.[Y]. The summed E-state index contributed by atoms with van der Waals surface area (Å²) in [4.78, 5) is 0. The Morgan fingerprint density at radius 2 is 2.00 bits per heavy atom. The van der Waals surface area contributed by atoms with Crippen LogP contribution in [0.1, 0.15) is 6.92 Å². The molecule has 0 aromatic carbocycles. The van der Waals surface area contributed by atoms with E-state index < -0.39 is 0 Å². The van der Waals surface area contributed by atoms with E-state index in [1.165, 1.54) is 6.21 Å². The Morgan fingerprint density at radius 1 is 1.80 bits per heavy atom. The Kier molecular flexibility index (Phi) is 16.1. The van der Waals surface area contributed by atoms with Crippen molar-refractivity contribution in [3.8, 4) is 0 Å². The molecule has 0 aliphatic carbocycles. The molecule has 0 unspecified atom stereocenters. The van der Waals surface area contributed by atoms with Crippen LogP contribution in [0, 0.1) is 0 Å². The minimum atomic E-state index is 0. The van der Waals surface area contributed by atoms with Crippen LogP contribution in [0.4, 0.5) is 0 Å². The maximum Gasteiger partial charge on any atom is 0.0404 e. The molecule has 0 atom stereocenters. The molecular weight excluding hydrogens is 143 g/mol. The second-order valence-electron chi connectivity index (χ2n) is 0.374. The molecule has 0 rings (SSSR count). The van der Waals surface area contributed by atoms with E-state index in [-0.39, 0.29) is 32.7 Å². The quantitative estimate of drug-likeness (QED) is 0.302. The third kappa shape index (κ3) is 12.2. The minimum Gasteiger partial charge on any atom is -0.411 e. The van der Waals surface area contributed by atoms with Crippen molar-refractivity contribution in [3.05, 3.63) is 0 Å². The number of oxime groups is 1. The monoisotopic (exact) mass is 148 g/mol. The van der Waals surface area contributed by atoms with E-state index >= 15 is 0 Å². The van der Waals surface area contributed by atoms with Gasteiger partial charge in [-0.2, -0.15) is 0 Å². The Labute approximate surface area is 56.1 Å². The van der Waals surface area contributed by atoms with E-state index in [9.17, 15) is 0 Å². The van der Waals surface area contributed by atoms with Crippen molar-refractivity contribution in [1.29, 1.82) is 0 Å². The maximum atomic E-state index is 7.44. The smallest absolute Gasteiger partial charge is 0.0404 e. The van der Waals surface area contributed by atoms with Gasteiger partial charge in [-0.25, -0.2) is 0 Å². The Balaban J connectivity index is 0. The number of hydrogen-bond donors (Lipinski definition) is 1. The summed E-state index contributed by atoms with van der Waals surface area (Å²) in [7, 11) is 0. The minimum absolute atomic E-state index is 0. The van der Waals surface area contributed by atoms with Crippen molar-refractivity contribution in [1.82, 2.24) is 0 Å². The van der Waals surface area contributed by atoms with Crippen LogP contribution in [0.25, 0.3) is 0 Å². The van der Waals surface area contributed by atoms with E-state index in [2.05, 4.69) is 5.16 Å². The third-order valence-corrected chi connectivity index (χ3v) is 0.115. The Morgan fingerprint density at radius 3 is 2.00 bits per heavy atom. The summed E-state index contributed by atoms with van der Waals surface area (Å²) >= 11 is 0. The molecule has 0 aromatic rings. The van der Waals surface area contributed by atoms with Crippen molar-refractivity contribution in [2.75, 3.05) is 0 Å². The number of rotatable bonds is 0. The van der Waals surface area contributed by atoms with Gasteiger partial charge < -0.3 is 5.21 Å². The fourth-order valence-electron chi connectivity index (χ4n) is 0. The molecule has 0 saturated heterocycles. The topological polar surface area (TPSA) is 32.6 Å². The molecule has 0 aliphatic rings. The molecule has 0 saturated carbocycles. The summed E-state index contributed by atoms with van der Waals surface area (Å²) in [5.41, 5.74) is 0. The second kappa shape index (κ2) is 8.82. The summed E-state index contributed by atoms with van der Waals surface area (Å²) < 4.78 is 0. The molecular formula is C2H5NOY. The van der Waals surface area contributed by atoms with Crippen LogP contribution in [-0.2, 0) is 32.7 Å². The van der Waals surface area contributed by atoms with Crippen LogP contribution < -0.4 is 0 Å². The molecule has 0 bridgehead atoms. The van der Waals surface area contributed by atoms with Crippen molar-refractivity contribution in [2.45, 2.75) is 6.92 Å². The maximum absolute atomic E-state index is 7.44. The average Bonchev–Trinajstić information content (AvgIpc) is 1.37. The van der Waals surface area contributed by atoms with Crippen LogP contribution in [0.15, 0.2) is 5.16 Å². The molecule has 0 spiro atoms. The van der Waals surface area contributed by atoms with E-state index in [4.69, 9.17) is 5.21 Å². The van der Waals surface area contributed by atoms with Gasteiger partial charge in [0.2, 0.25) is 0 Å². The van der Waals surface area contributed by atoms with Crippen molar-refractivity contribution in [2.24, 2.45) is 5.16 Å². The standard InChI is InChI=1S/C2H5NO.Y/c1-2-3-4;/h2,4H,1H3;. The van der Waals surface area contributed by atoms with Crippen LogP contribution in [-0.4, -0.2) is 11.4 Å². The van der Waals surface area contributed by atoms with Gasteiger partial charge in [0.1, 0.15) is 0 Å². The van der Waals surface area contributed by atoms with Gasteiger partial charge in [-0.15, -0.1) is 5.16 Å². The van der Waals surface area contributed by atoms with Gasteiger partial charge >= 0.3 is 0 Å². The molecule has 2 nitrogen and oxygen atoms in total. The van der Waals surface area contributed by atoms with Crippen LogP contribution in [0.3, 0.4) is 0 Å². The van der Waals surface area contributed by atoms with Crippen LogP contribution in [0.2, 0.25) is 0 Å². The summed E-state index contributed by atoms with van der Waals surface area (Å²) in [6.07, 6.45) is 1.31. The average molecular weight is 148 g/mol. The van der Waals surface area contributed by atoms with Gasteiger partial charge in [0.25, 0.3) is 0 Å². The van der Waals surface area contributed by atoms with Gasteiger partial charge in [-0.05, 0) is 6.92 Å². The van der Waals surface area contributed by atoms with Crippen LogP contribution >= 0.6 is 0 Å². The predicted octanol–water partition coefficient (Wildman–Crippen LogP) is 0.464. The van der Waals surface area contributed by atoms with Crippen molar-refractivity contribution in [3.63, 3.8) is 0 Å². The predicted molar refractivity (Wildman–Crippen MR) is 16.0 cm³/mol. The van der Waals surface area contributed by atoms with E-state index in [1.807, 2.05) is 0 Å². The summed E-state index contributed by atoms with van der Waals surface area (Å²) in [6, 6.07) is 0. The fraction of sp³-hybridized carbons (Fsp3) is 0.500. The van der Waals surface area contributed by atoms with Crippen molar-refractivity contribution >= 4 is 6.21 Å². The zero-order chi connectivity index (χ0) is 3.41. The van der Waals surface area contributed by atoms with Gasteiger partial charge in [0, 0.05) is 38.9 Å². The molecule has 27 valence electrons. The first-order valence-electron chi connectivity index (χ1n) is 1.04. The first-order chi connectivity index (χ1) is 1.91. The van der Waals surface area contributed by atoms with E-state index in [0.29, 0.717) is 0 Å². The van der Waals surface area contributed by atoms with E-state index in [0.717, 1.165) is 0 Å². The summed E-state index contributed by atoms with van der Waals surface area (Å²) in [5, 5.41) is 10.1. The largest absolute Gasteiger partial charge is 0.411 e. The molecule has 0 aromatic heterocycles. The van der Waals surface area contributed by atoms with Gasteiger partial charge in [-0.3, -0.25) is 0 Å². The number of nitrogens with zero attached hydrogens (tertiary/aromatic N) is 1. The molecule has 1 radical (unpaired) electrons. The Hall–Kier alpha value is 0.574. The van der Waals surface area contributed by atoms with Gasteiger partial charge in [0.15, 0.2) is 0 Å². The molecule has 3 heteroatoms. The number of hydrogen-bond acceptors (Lipinski definition) is 2. The zero-order valence-electron chi connectivity index (χ0n) is 3.05. The van der Waals surface area contributed by atoms with Gasteiger partial charge in [0.05, 0.1) is 0 Å². The Bertz CT molecular complexity index is 24.8.